The molecule has 288 valence electrons. The molecule has 0 radical (unpaired) electrons. The highest BCUT2D eigenvalue weighted by Crippen LogP contribution is 2.23. The fourth-order valence-corrected chi connectivity index (χ4v) is 6.76. The van der Waals surface area contributed by atoms with E-state index in [0.717, 1.165) is 32.1 Å². The Balaban J connectivity index is 2.17. The summed E-state index contributed by atoms with van der Waals surface area (Å²) in [6.45, 7) is 4.54. The van der Waals surface area contributed by atoms with Crippen LogP contribution in [0.15, 0.2) is 18.2 Å². The average molecular weight is 699 g/mol. The van der Waals surface area contributed by atoms with Crippen molar-refractivity contribution < 1.29 is 19.1 Å². The van der Waals surface area contributed by atoms with Crippen LogP contribution in [0.2, 0.25) is 0 Å². The molecule has 0 aliphatic heterocycles. The Morgan fingerprint density at radius 1 is 0.460 bits per heavy atom. The van der Waals surface area contributed by atoms with E-state index in [1.54, 1.807) is 18.2 Å². The van der Waals surface area contributed by atoms with Gasteiger partial charge in [-0.25, -0.2) is 4.79 Å². The molecular formula is C44H78N2O4. The molecule has 0 saturated carbocycles. The standard InChI is InChI=1S/C44H78N2O4/c1-4-6-8-10-12-14-16-18-20-22-24-26-28-30-32-34-42(47)45-39-36-37-41(40(38-39)44(49)50-3)46-43(48)35-33-31-29-27-25-23-21-19-17-15-13-11-9-7-5-2/h36-38H,4-35H2,1-3H3,(H,45,47)(H,46,48). The minimum absolute atomic E-state index is 0.0551. The average Bonchev–Trinajstić information content (AvgIpc) is 3.11. The van der Waals surface area contributed by atoms with Crippen molar-refractivity contribution in [1.29, 1.82) is 0 Å². The highest BCUT2D eigenvalue weighted by Gasteiger charge is 2.16. The van der Waals surface area contributed by atoms with Crippen LogP contribution < -0.4 is 10.6 Å². The lowest BCUT2D eigenvalue weighted by Crippen LogP contribution is -2.16. The molecule has 2 amide bonds. The van der Waals surface area contributed by atoms with Crippen LogP contribution in [0.4, 0.5) is 11.4 Å². The molecule has 0 fully saturated rings. The second-order valence-corrected chi connectivity index (χ2v) is 14.7. The number of hydrogen-bond donors (Lipinski definition) is 2. The predicted molar refractivity (Wildman–Crippen MR) is 214 cm³/mol. The van der Waals surface area contributed by atoms with Gasteiger partial charge in [0.05, 0.1) is 18.4 Å². The number of unbranched alkanes of at least 4 members (excludes halogenated alkanes) is 28. The number of hydrogen-bond acceptors (Lipinski definition) is 4. The topological polar surface area (TPSA) is 84.5 Å². The summed E-state index contributed by atoms with van der Waals surface area (Å²) in [7, 11) is 1.32. The molecule has 1 rings (SSSR count). The van der Waals surface area contributed by atoms with Crippen molar-refractivity contribution in [3.8, 4) is 0 Å². The van der Waals surface area contributed by atoms with E-state index in [2.05, 4.69) is 24.5 Å². The molecule has 0 atom stereocenters. The Labute approximate surface area is 308 Å². The second-order valence-electron chi connectivity index (χ2n) is 14.7. The van der Waals surface area contributed by atoms with E-state index in [4.69, 9.17) is 4.74 Å². The zero-order chi connectivity index (χ0) is 36.3. The smallest absolute Gasteiger partial charge is 0.340 e. The van der Waals surface area contributed by atoms with Crippen molar-refractivity contribution in [3.63, 3.8) is 0 Å². The number of carbonyl (C=O) groups excluding carboxylic acids is 3. The molecule has 0 saturated heterocycles. The van der Waals surface area contributed by atoms with Crippen LogP contribution in [0, 0.1) is 0 Å². The van der Waals surface area contributed by atoms with Crippen LogP contribution in [0.5, 0.6) is 0 Å². The van der Waals surface area contributed by atoms with E-state index in [-0.39, 0.29) is 17.4 Å². The Morgan fingerprint density at radius 3 is 1.12 bits per heavy atom. The number of benzene rings is 1. The number of esters is 1. The molecule has 0 aromatic heterocycles. The first kappa shape index (κ1) is 45.7. The molecular weight excluding hydrogens is 620 g/mol. The van der Waals surface area contributed by atoms with Gasteiger partial charge in [-0.1, -0.05) is 194 Å². The van der Waals surface area contributed by atoms with Crippen molar-refractivity contribution in [2.75, 3.05) is 17.7 Å². The third kappa shape index (κ3) is 26.4. The van der Waals surface area contributed by atoms with E-state index in [1.165, 1.54) is 168 Å². The quantitative estimate of drug-likeness (QED) is 0.0546. The normalized spacial score (nSPS) is 11.1. The molecule has 1 aromatic carbocycles. The van der Waals surface area contributed by atoms with Crippen LogP contribution in [-0.2, 0) is 14.3 Å². The molecule has 0 bridgehead atoms. The Bertz CT molecular complexity index is 979. The van der Waals surface area contributed by atoms with E-state index in [9.17, 15) is 14.4 Å². The molecule has 0 heterocycles. The third-order valence-electron chi connectivity index (χ3n) is 10.00. The van der Waals surface area contributed by atoms with Crippen LogP contribution in [-0.4, -0.2) is 24.9 Å². The summed E-state index contributed by atoms with van der Waals surface area (Å²) >= 11 is 0. The molecule has 0 aliphatic rings. The Kier molecular flexibility index (Phi) is 30.8. The number of amides is 2. The summed E-state index contributed by atoms with van der Waals surface area (Å²) in [6.07, 6.45) is 39.6. The van der Waals surface area contributed by atoms with E-state index >= 15 is 0 Å². The zero-order valence-corrected chi connectivity index (χ0v) is 33.0. The SMILES string of the molecule is CCCCCCCCCCCCCCCCCC(=O)Nc1ccc(NC(=O)CCCCCCCCCCCCCCCCC)c(C(=O)OC)c1. The maximum Gasteiger partial charge on any atom is 0.340 e. The Morgan fingerprint density at radius 2 is 0.780 bits per heavy atom. The summed E-state index contributed by atoms with van der Waals surface area (Å²) in [5, 5.41) is 5.80. The van der Waals surface area contributed by atoms with Crippen molar-refractivity contribution in [1.82, 2.24) is 0 Å². The summed E-state index contributed by atoms with van der Waals surface area (Å²) in [6, 6.07) is 5.01. The molecule has 0 spiro atoms. The van der Waals surface area contributed by atoms with Crippen LogP contribution in [0.3, 0.4) is 0 Å². The van der Waals surface area contributed by atoms with Crippen molar-refractivity contribution >= 4 is 29.2 Å². The second kappa shape index (κ2) is 33.8. The first-order chi connectivity index (χ1) is 24.5. The fraction of sp³-hybridized carbons (Fsp3) is 0.795. The number of nitrogens with one attached hydrogen (secondary N) is 2. The van der Waals surface area contributed by atoms with E-state index < -0.39 is 5.97 Å². The van der Waals surface area contributed by atoms with Gasteiger partial charge in [0.2, 0.25) is 11.8 Å². The summed E-state index contributed by atoms with van der Waals surface area (Å²) < 4.78 is 4.97. The number of carbonyl (C=O) groups is 3. The number of rotatable bonds is 35. The van der Waals surface area contributed by atoms with Gasteiger partial charge in [0.15, 0.2) is 0 Å². The van der Waals surface area contributed by atoms with Gasteiger partial charge in [0.1, 0.15) is 0 Å². The van der Waals surface area contributed by atoms with Crippen molar-refractivity contribution in [2.24, 2.45) is 0 Å². The first-order valence-electron chi connectivity index (χ1n) is 21.3. The lowest BCUT2D eigenvalue weighted by Gasteiger charge is -2.13. The lowest BCUT2D eigenvalue weighted by atomic mass is 10.0. The minimum atomic E-state index is -0.536. The van der Waals surface area contributed by atoms with Crippen molar-refractivity contribution in [2.45, 2.75) is 219 Å². The van der Waals surface area contributed by atoms with Gasteiger partial charge < -0.3 is 15.4 Å². The number of ether oxygens (including phenoxy) is 1. The molecule has 6 heteroatoms. The Hall–Kier alpha value is -2.37. The first-order valence-corrected chi connectivity index (χ1v) is 21.3. The van der Waals surface area contributed by atoms with E-state index in [0.29, 0.717) is 24.2 Å². The van der Waals surface area contributed by atoms with Gasteiger partial charge in [-0.15, -0.1) is 0 Å². The summed E-state index contributed by atoms with van der Waals surface area (Å²) in [4.78, 5) is 37.7. The number of methoxy groups -OCH3 is 1. The third-order valence-corrected chi connectivity index (χ3v) is 10.00. The van der Waals surface area contributed by atoms with Gasteiger partial charge in [-0.2, -0.15) is 0 Å². The highest BCUT2D eigenvalue weighted by molar-refractivity contribution is 6.03. The fourth-order valence-electron chi connectivity index (χ4n) is 6.76. The monoisotopic (exact) mass is 699 g/mol. The maximum atomic E-state index is 12.7. The van der Waals surface area contributed by atoms with Crippen LogP contribution in [0.25, 0.3) is 0 Å². The molecule has 2 N–H and O–H groups in total. The van der Waals surface area contributed by atoms with Gasteiger partial charge >= 0.3 is 5.97 Å². The van der Waals surface area contributed by atoms with Crippen LogP contribution >= 0.6 is 0 Å². The molecule has 0 aliphatic carbocycles. The summed E-state index contributed by atoms with van der Waals surface area (Å²) in [5.41, 5.74) is 1.21. The molecule has 50 heavy (non-hydrogen) atoms. The number of anilines is 2. The maximum absolute atomic E-state index is 12.7. The van der Waals surface area contributed by atoms with Gasteiger partial charge in [0, 0.05) is 18.5 Å². The van der Waals surface area contributed by atoms with Crippen molar-refractivity contribution in [3.05, 3.63) is 23.8 Å². The zero-order valence-electron chi connectivity index (χ0n) is 33.0. The lowest BCUT2D eigenvalue weighted by molar-refractivity contribution is -0.117. The predicted octanol–water partition coefficient (Wildman–Crippen LogP) is 13.9. The van der Waals surface area contributed by atoms with Gasteiger partial charge in [-0.05, 0) is 31.0 Å². The minimum Gasteiger partial charge on any atom is -0.465 e. The molecule has 6 nitrogen and oxygen atoms in total. The van der Waals surface area contributed by atoms with E-state index in [1.807, 2.05) is 0 Å². The highest BCUT2D eigenvalue weighted by atomic mass is 16.5. The molecule has 0 unspecified atom stereocenters. The van der Waals surface area contributed by atoms with Gasteiger partial charge in [0.25, 0.3) is 0 Å². The molecule has 1 aromatic rings. The largest absolute Gasteiger partial charge is 0.465 e. The van der Waals surface area contributed by atoms with Crippen LogP contribution in [0.1, 0.15) is 230 Å². The summed E-state index contributed by atoms with van der Waals surface area (Å²) in [5.74, 6) is -0.693. The van der Waals surface area contributed by atoms with Gasteiger partial charge in [-0.3, -0.25) is 9.59 Å².